The van der Waals surface area contributed by atoms with E-state index in [1.807, 2.05) is 0 Å². The second-order valence-electron chi connectivity index (χ2n) is 5.95. The van der Waals surface area contributed by atoms with Gasteiger partial charge in [-0.2, -0.15) is 0 Å². The molecule has 4 atom stereocenters. The topological polar surface area (TPSA) is 12.0 Å². The Morgan fingerprint density at radius 2 is 1.94 bits per heavy atom. The van der Waals surface area contributed by atoms with E-state index in [1.54, 1.807) is 0 Å². The number of terminal acetylenes is 1. The Morgan fingerprint density at radius 3 is 2.65 bits per heavy atom. The summed E-state index contributed by atoms with van der Waals surface area (Å²) in [6.07, 6.45) is 16.6. The van der Waals surface area contributed by atoms with Crippen molar-refractivity contribution >= 4 is 0 Å². The molecule has 0 heterocycles. The normalized spacial score (nSPS) is 34.7. The predicted octanol–water partition coefficient (Wildman–Crippen LogP) is 3.59. The Labute approximate surface area is 107 Å². The van der Waals surface area contributed by atoms with Gasteiger partial charge in [-0.3, -0.25) is 0 Å². The molecule has 0 bridgehead atoms. The van der Waals surface area contributed by atoms with Gasteiger partial charge in [0.2, 0.25) is 0 Å². The molecule has 0 radical (unpaired) electrons. The van der Waals surface area contributed by atoms with E-state index in [9.17, 15) is 0 Å². The van der Waals surface area contributed by atoms with Crippen LogP contribution in [-0.2, 0) is 0 Å². The van der Waals surface area contributed by atoms with Crippen LogP contribution in [0.5, 0.6) is 0 Å². The lowest BCUT2D eigenvalue weighted by Crippen LogP contribution is -2.40. The Morgan fingerprint density at radius 1 is 1.18 bits per heavy atom. The quantitative estimate of drug-likeness (QED) is 0.732. The first-order chi connectivity index (χ1) is 8.35. The molecule has 0 amide bonds. The lowest BCUT2D eigenvalue weighted by Gasteiger charge is -2.41. The average molecular weight is 233 g/mol. The highest BCUT2D eigenvalue weighted by Gasteiger charge is 2.34. The third kappa shape index (κ3) is 3.26. The van der Waals surface area contributed by atoms with E-state index >= 15 is 0 Å². The summed E-state index contributed by atoms with van der Waals surface area (Å²) in [6, 6.07) is 0.577. The van der Waals surface area contributed by atoms with Gasteiger partial charge in [-0.05, 0) is 43.6 Å². The molecule has 0 aromatic heterocycles. The summed E-state index contributed by atoms with van der Waals surface area (Å²) >= 11 is 0. The monoisotopic (exact) mass is 233 g/mol. The van der Waals surface area contributed by atoms with Crippen LogP contribution in [-0.4, -0.2) is 12.6 Å². The third-order valence-electron chi connectivity index (χ3n) is 4.95. The van der Waals surface area contributed by atoms with Crippen molar-refractivity contribution in [3.63, 3.8) is 0 Å². The molecule has 2 fully saturated rings. The molecule has 2 aliphatic rings. The van der Waals surface area contributed by atoms with Gasteiger partial charge in [0, 0.05) is 12.5 Å². The van der Waals surface area contributed by atoms with Crippen LogP contribution in [0.15, 0.2) is 0 Å². The molecule has 2 rings (SSSR count). The first-order valence-electron chi connectivity index (χ1n) is 7.52. The molecule has 17 heavy (non-hydrogen) atoms. The van der Waals surface area contributed by atoms with Crippen LogP contribution in [0.25, 0.3) is 0 Å². The van der Waals surface area contributed by atoms with Gasteiger partial charge in [-0.25, -0.2) is 0 Å². The zero-order valence-electron chi connectivity index (χ0n) is 11.3. The molecule has 1 N–H and O–H groups in total. The maximum absolute atomic E-state index is 5.51. The van der Waals surface area contributed by atoms with Crippen molar-refractivity contribution in [3.8, 4) is 12.3 Å². The maximum atomic E-state index is 5.51. The van der Waals surface area contributed by atoms with Gasteiger partial charge in [-0.1, -0.05) is 32.6 Å². The first kappa shape index (κ1) is 13.0. The van der Waals surface area contributed by atoms with Gasteiger partial charge < -0.3 is 5.32 Å². The van der Waals surface area contributed by atoms with Crippen molar-refractivity contribution in [2.75, 3.05) is 6.54 Å². The largest absolute Gasteiger partial charge is 0.313 e. The highest BCUT2D eigenvalue weighted by molar-refractivity contribution is 4.95. The van der Waals surface area contributed by atoms with Crippen LogP contribution in [0, 0.1) is 30.1 Å². The molecule has 2 aliphatic carbocycles. The van der Waals surface area contributed by atoms with Crippen molar-refractivity contribution < 1.29 is 0 Å². The highest BCUT2D eigenvalue weighted by Crippen LogP contribution is 2.43. The van der Waals surface area contributed by atoms with Crippen LogP contribution in [0.4, 0.5) is 0 Å². The van der Waals surface area contributed by atoms with Crippen LogP contribution < -0.4 is 5.32 Å². The zero-order chi connectivity index (χ0) is 12.1. The molecule has 0 aromatic rings. The van der Waals surface area contributed by atoms with Gasteiger partial charge in [-0.15, -0.1) is 12.3 Å². The van der Waals surface area contributed by atoms with Gasteiger partial charge in [0.05, 0.1) is 0 Å². The van der Waals surface area contributed by atoms with Crippen molar-refractivity contribution in [2.45, 2.75) is 64.3 Å². The molecule has 1 nitrogen and oxygen atoms in total. The smallest absolute Gasteiger partial charge is 0.0243 e. The van der Waals surface area contributed by atoms with Crippen molar-refractivity contribution in [3.05, 3.63) is 0 Å². The molecule has 0 aromatic carbocycles. The Bertz CT molecular complexity index is 265. The number of hydrogen-bond donors (Lipinski definition) is 1. The maximum Gasteiger partial charge on any atom is 0.0243 e. The fourth-order valence-corrected chi connectivity index (χ4v) is 4.07. The minimum atomic E-state index is 0.577. The lowest BCUT2D eigenvalue weighted by molar-refractivity contribution is 0.110. The zero-order valence-corrected chi connectivity index (χ0v) is 11.3. The fourth-order valence-electron chi connectivity index (χ4n) is 4.07. The Balaban J connectivity index is 1.90. The standard InChI is InChI=1S/C16H27N/c1-3-7-16(17-4-2)15-11-10-13-8-5-6-9-14(13)12-15/h1,13-17H,4-12H2,2H3. The summed E-state index contributed by atoms with van der Waals surface area (Å²) in [5.74, 6) is 5.76. The van der Waals surface area contributed by atoms with Crippen LogP contribution in [0.2, 0.25) is 0 Å². The molecule has 96 valence electrons. The summed E-state index contributed by atoms with van der Waals surface area (Å²) in [6.45, 7) is 3.24. The summed E-state index contributed by atoms with van der Waals surface area (Å²) < 4.78 is 0. The van der Waals surface area contributed by atoms with Crippen molar-refractivity contribution in [1.29, 1.82) is 0 Å². The molecule has 0 saturated heterocycles. The SMILES string of the molecule is C#CCC(NCC)C1CCC2CCCCC2C1. The van der Waals surface area contributed by atoms with Crippen molar-refractivity contribution in [2.24, 2.45) is 17.8 Å². The number of hydrogen-bond acceptors (Lipinski definition) is 1. The fraction of sp³-hybridized carbons (Fsp3) is 0.875. The van der Waals surface area contributed by atoms with Gasteiger partial charge >= 0.3 is 0 Å². The van der Waals surface area contributed by atoms with E-state index in [2.05, 4.69) is 18.2 Å². The first-order valence-corrected chi connectivity index (χ1v) is 7.52. The molecule has 0 spiro atoms. The van der Waals surface area contributed by atoms with Gasteiger partial charge in [0.25, 0.3) is 0 Å². The second-order valence-corrected chi connectivity index (χ2v) is 5.95. The predicted molar refractivity (Wildman–Crippen MR) is 73.7 cm³/mol. The molecule has 4 unspecified atom stereocenters. The molecular weight excluding hydrogens is 206 g/mol. The number of nitrogens with one attached hydrogen (secondary N) is 1. The van der Waals surface area contributed by atoms with Crippen LogP contribution in [0.1, 0.15) is 58.3 Å². The Kier molecular flexibility index (Phi) is 4.92. The molecular formula is C16H27N. The van der Waals surface area contributed by atoms with E-state index in [0.29, 0.717) is 6.04 Å². The summed E-state index contributed by atoms with van der Waals surface area (Å²) in [7, 11) is 0. The van der Waals surface area contributed by atoms with Gasteiger partial charge in [0.1, 0.15) is 0 Å². The summed E-state index contributed by atoms with van der Waals surface area (Å²) in [4.78, 5) is 0. The third-order valence-corrected chi connectivity index (χ3v) is 4.95. The minimum Gasteiger partial charge on any atom is -0.313 e. The van der Waals surface area contributed by atoms with Crippen LogP contribution >= 0.6 is 0 Å². The average Bonchev–Trinajstić information content (AvgIpc) is 2.38. The minimum absolute atomic E-state index is 0.577. The Hall–Kier alpha value is -0.480. The van der Waals surface area contributed by atoms with E-state index in [4.69, 9.17) is 6.42 Å². The van der Waals surface area contributed by atoms with Crippen LogP contribution in [0.3, 0.4) is 0 Å². The van der Waals surface area contributed by atoms with E-state index < -0.39 is 0 Å². The van der Waals surface area contributed by atoms with E-state index in [1.165, 1.54) is 44.9 Å². The highest BCUT2D eigenvalue weighted by atomic mass is 14.9. The number of fused-ring (bicyclic) bond motifs is 1. The molecule has 1 heteroatoms. The molecule has 0 aliphatic heterocycles. The lowest BCUT2D eigenvalue weighted by atomic mass is 9.66. The van der Waals surface area contributed by atoms with Crippen molar-refractivity contribution in [1.82, 2.24) is 5.32 Å². The second kappa shape index (κ2) is 6.45. The van der Waals surface area contributed by atoms with E-state index in [0.717, 1.165) is 30.7 Å². The molecule has 2 saturated carbocycles. The summed E-state index contributed by atoms with van der Waals surface area (Å²) in [5.41, 5.74) is 0. The summed E-state index contributed by atoms with van der Waals surface area (Å²) in [5, 5.41) is 3.61. The number of rotatable bonds is 4. The van der Waals surface area contributed by atoms with Gasteiger partial charge in [0.15, 0.2) is 0 Å². The van der Waals surface area contributed by atoms with E-state index in [-0.39, 0.29) is 0 Å².